The number of anilines is 1. The SMILES string of the molecule is CCCCCCNC(=O)[C@@H](C#N)c1nc2ccccc2nc1N1CCCCCC1. The topological polar surface area (TPSA) is 81.9 Å². The van der Waals surface area contributed by atoms with Gasteiger partial charge >= 0.3 is 0 Å². The largest absolute Gasteiger partial charge is 0.355 e. The number of benzene rings is 1. The maximum absolute atomic E-state index is 12.8. The first-order valence-electron chi connectivity index (χ1n) is 10.9. The monoisotopic (exact) mass is 393 g/mol. The number of nitriles is 1. The van der Waals surface area contributed by atoms with E-state index in [0.717, 1.165) is 62.6 Å². The van der Waals surface area contributed by atoms with Gasteiger partial charge in [0.2, 0.25) is 5.91 Å². The molecule has 1 aromatic heterocycles. The van der Waals surface area contributed by atoms with E-state index in [4.69, 9.17) is 9.97 Å². The van der Waals surface area contributed by atoms with E-state index < -0.39 is 5.92 Å². The van der Waals surface area contributed by atoms with Crippen molar-refractivity contribution in [3.05, 3.63) is 30.0 Å². The van der Waals surface area contributed by atoms with Gasteiger partial charge in [0, 0.05) is 19.6 Å². The number of hydrogen-bond donors (Lipinski definition) is 1. The molecule has 1 fully saturated rings. The number of unbranched alkanes of at least 4 members (excludes halogenated alkanes) is 3. The highest BCUT2D eigenvalue weighted by Crippen LogP contribution is 2.29. The van der Waals surface area contributed by atoms with Crippen molar-refractivity contribution in [1.29, 1.82) is 5.26 Å². The van der Waals surface area contributed by atoms with E-state index in [1.54, 1.807) is 0 Å². The third-order valence-corrected chi connectivity index (χ3v) is 5.48. The number of aromatic nitrogens is 2. The molecular weight excluding hydrogens is 362 g/mol. The number of rotatable bonds is 8. The number of hydrogen-bond acceptors (Lipinski definition) is 5. The van der Waals surface area contributed by atoms with Crippen LogP contribution >= 0.6 is 0 Å². The van der Waals surface area contributed by atoms with Crippen LogP contribution in [0.15, 0.2) is 24.3 Å². The average Bonchev–Trinajstić information content (AvgIpc) is 3.03. The van der Waals surface area contributed by atoms with Gasteiger partial charge in [0.1, 0.15) is 5.69 Å². The van der Waals surface area contributed by atoms with E-state index in [1.165, 1.54) is 12.8 Å². The lowest BCUT2D eigenvalue weighted by molar-refractivity contribution is -0.121. The van der Waals surface area contributed by atoms with Gasteiger partial charge in [-0.1, -0.05) is 51.2 Å². The van der Waals surface area contributed by atoms with Crippen LogP contribution in [0.5, 0.6) is 0 Å². The molecule has 0 bridgehead atoms. The Labute approximate surface area is 173 Å². The Morgan fingerprint density at radius 3 is 2.45 bits per heavy atom. The minimum absolute atomic E-state index is 0.273. The smallest absolute Gasteiger partial charge is 0.243 e. The fourth-order valence-electron chi connectivity index (χ4n) is 3.82. The van der Waals surface area contributed by atoms with Crippen molar-refractivity contribution in [3.8, 4) is 6.07 Å². The number of carbonyl (C=O) groups excluding carboxylic acids is 1. The molecule has 29 heavy (non-hydrogen) atoms. The van der Waals surface area contributed by atoms with Crippen LogP contribution in [0.2, 0.25) is 0 Å². The summed E-state index contributed by atoms with van der Waals surface area (Å²) in [5.74, 6) is -0.528. The minimum atomic E-state index is -0.948. The van der Waals surface area contributed by atoms with Crippen molar-refractivity contribution in [3.63, 3.8) is 0 Å². The van der Waals surface area contributed by atoms with Gasteiger partial charge in [-0.2, -0.15) is 5.26 Å². The zero-order valence-electron chi connectivity index (χ0n) is 17.4. The van der Waals surface area contributed by atoms with Crippen molar-refractivity contribution >= 4 is 22.8 Å². The van der Waals surface area contributed by atoms with Crippen LogP contribution in [0.3, 0.4) is 0 Å². The maximum atomic E-state index is 12.8. The highest BCUT2D eigenvalue weighted by molar-refractivity contribution is 5.88. The Bertz CT molecular complexity index is 852. The lowest BCUT2D eigenvalue weighted by Crippen LogP contribution is -2.33. The molecule has 1 amide bonds. The molecule has 2 heterocycles. The lowest BCUT2D eigenvalue weighted by atomic mass is 10.0. The van der Waals surface area contributed by atoms with Crippen molar-refractivity contribution in [2.45, 2.75) is 64.2 Å². The molecule has 0 unspecified atom stereocenters. The van der Waals surface area contributed by atoms with Crippen LogP contribution < -0.4 is 10.2 Å². The third kappa shape index (κ3) is 5.44. The maximum Gasteiger partial charge on any atom is 0.243 e. The van der Waals surface area contributed by atoms with Gasteiger partial charge < -0.3 is 10.2 Å². The highest BCUT2D eigenvalue weighted by atomic mass is 16.1. The average molecular weight is 394 g/mol. The van der Waals surface area contributed by atoms with Crippen LogP contribution in [0.1, 0.15) is 69.9 Å². The summed E-state index contributed by atoms with van der Waals surface area (Å²) in [5.41, 5.74) is 2.00. The molecule has 0 radical (unpaired) electrons. The van der Waals surface area contributed by atoms with Crippen molar-refractivity contribution < 1.29 is 4.79 Å². The summed E-state index contributed by atoms with van der Waals surface area (Å²) in [6, 6.07) is 9.85. The second-order valence-corrected chi connectivity index (χ2v) is 7.74. The van der Waals surface area contributed by atoms with E-state index in [1.807, 2.05) is 24.3 Å². The van der Waals surface area contributed by atoms with E-state index >= 15 is 0 Å². The van der Waals surface area contributed by atoms with Gasteiger partial charge in [-0.05, 0) is 31.4 Å². The Morgan fingerprint density at radius 2 is 1.79 bits per heavy atom. The zero-order chi connectivity index (χ0) is 20.5. The van der Waals surface area contributed by atoms with Gasteiger partial charge in [-0.3, -0.25) is 4.79 Å². The first kappa shape index (κ1) is 21.0. The molecule has 1 aliphatic heterocycles. The first-order chi connectivity index (χ1) is 14.2. The molecule has 3 rings (SSSR count). The summed E-state index contributed by atoms with van der Waals surface area (Å²) in [6.45, 7) is 4.53. The molecule has 6 heteroatoms. The highest BCUT2D eigenvalue weighted by Gasteiger charge is 2.28. The predicted octanol–water partition coefficient (Wildman–Crippen LogP) is 4.31. The Hall–Kier alpha value is -2.68. The molecule has 1 aliphatic rings. The summed E-state index contributed by atoms with van der Waals surface area (Å²) >= 11 is 0. The lowest BCUT2D eigenvalue weighted by Gasteiger charge is -2.25. The number of nitrogens with zero attached hydrogens (tertiary/aromatic N) is 4. The number of carbonyl (C=O) groups is 1. The van der Waals surface area contributed by atoms with Crippen LogP contribution in [-0.4, -0.2) is 35.5 Å². The van der Waals surface area contributed by atoms with E-state index in [0.29, 0.717) is 18.1 Å². The second kappa shape index (κ2) is 10.8. The molecule has 1 aromatic carbocycles. The van der Waals surface area contributed by atoms with Crippen molar-refractivity contribution in [1.82, 2.24) is 15.3 Å². The summed E-state index contributed by atoms with van der Waals surface area (Å²) in [6.07, 6.45) is 8.92. The third-order valence-electron chi connectivity index (χ3n) is 5.48. The van der Waals surface area contributed by atoms with Crippen LogP contribution in [-0.2, 0) is 4.79 Å². The standard InChI is InChI=1S/C23H31N5O/c1-2-3-4-9-14-25-23(29)18(17-24)21-22(28-15-10-5-6-11-16-28)27-20-13-8-7-12-19(20)26-21/h7-8,12-13,18H,2-6,9-11,14-16H2,1H3,(H,25,29)/t18-/m0/s1. The van der Waals surface area contributed by atoms with Gasteiger partial charge in [-0.15, -0.1) is 0 Å². The quantitative estimate of drug-likeness (QED) is 0.676. The first-order valence-corrected chi connectivity index (χ1v) is 10.9. The summed E-state index contributed by atoms with van der Waals surface area (Å²) in [7, 11) is 0. The van der Waals surface area contributed by atoms with E-state index in [-0.39, 0.29) is 5.91 Å². The molecule has 2 aromatic rings. The van der Waals surface area contributed by atoms with Crippen LogP contribution in [0.25, 0.3) is 11.0 Å². The Morgan fingerprint density at radius 1 is 1.10 bits per heavy atom. The fourth-order valence-corrected chi connectivity index (χ4v) is 3.82. The summed E-state index contributed by atoms with van der Waals surface area (Å²) < 4.78 is 0. The molecule has 154 valence electrons. The number of nitrogens with one attached hydrogen (secondary N) is 1. The van der Waals surface area contributed by atoms with E-state index in [9.17, 15) is 10.1 Å². The summed E-state index contributed by atoms with van der Waals surface area (Å²) in [4.78, 5) is 24.6. The van der Waals surface area contributed by atoms with Crippen molar-refractivity contribution in [2.24, 2.45) is 0 Å². The zero-order valence-corrected chi connectivity index (χ0v) is 17.4. The van der Waals surface area contributed by atoms with Crippen LogP contribution in [0, 0.1) is 11.3 Å². The molecule has 1 saturated heterocycles. The van der Waals surface area contributed by atoms with Gasteiger partial charge in [0.05, 0.1) is 17.1 Å². The predicted molar refractivity (Wildman–Crippen MR) is 116 cm³/mol. The molecule has 0 saturated carbocycles. The number of para-hydroxylation sites is 2. The van der Waals surface area contributed by atoms with Crippen LogP contribution in [0.4, 0.5) is 5.82 Å². The number of fused-ring (bicyclic) bond motifs is 1. The molecule has 0 spiro atoms. The molecule has 1 atom stereocenters. The molecule has 0 aliphatic carbocycles. The normalized spacial score (nSPS) is 15.5. The molecule has 6 nitrogen and oxygen atoms in total. The number of amides is 1. The Kier molecular flexibility index (Phi) is 7.80. The fraction of sp³-hybridized carbons (Fsp3) is 0.565. The minimum Gasteiger partial charge on any atom is -0.355 e. The van der Waals surface area contributed by atoms with Gasteiger partial charge in [0.25, 0.3) is 0 Å². The summed E-state index contributed by atoms with van der Waals surface area (Å²) in [5, 5.41) is 12.8. The van der Waals surface area contributed by atoms with Gasteiger partial charge in [0.15, 0.2) is 11.7 Å². The Balaban J connectivity index is 1.88. The second-order valence-electron chi connectivity index (χ2n) is 7.74. The molecular formula is C23H31N5O. The molecule has 1 N–H and O–H groups in total. The van der Waals surface area contributed by atoms with Crippen molar-refractivity contribution in [2.75, 3.05) is 24.5 Å². The van der Waals surface area contributed by atoms with E-state index in [2.05, 4.69) is 23.2 Å². The van der Waals surface area contributed by atoms with Gasteiger partial charge in [-0.25, -0.2) is 9.97 Å².